The molecule has 0 N–H and O–H groups in total. The van der Waals surface area contributed by atoms with E-state index >= 15 is 0 Å². The number of thiophene rings is 1. The Balaban J connectivity index is 2.00. The Bertz CT molecular complexity index is 835. The van der Waals surface area contributed by atoms with Crippen LogP contribution in [0.15, 0.2) is 45.6 Å². The number of aromatic nitrogens is 1. The zero-order chi connectivity index (χ0) is 14.8. The van der Waals surface area contributed by atoms with Crippen molar-refractivity contribution in [2.24, 2.45) is 0 Å². The quantitative estimate of drug-likeness (QED) is 0.689. The van der Waals surface area contributed by atoms with Gasteiger partial charge in [-0.15, -0.1) is 11.3 Å². The molecule has 3 nitrogen and oxygen atoms in total. The minimum Gasteiger partial charge on any atom is -0.354 e. The number of pyridine rings is 1. The lowest BCUT2D eigenvalue weighted by Gasteiger charge is -2.19. The van der Waals surface area contributed by atoms with Crippen LogP contribution in [0, 0.1) is 11.3 Å². The number of hydrogen-bond acceptors (Lipinski definition) is 4. The van der Waals surface area contributed by atoms with E-state index in [1.165, 1.54) is 5.56 Å². The number of benzene rings is 1. The fraction of sp³-hybridized carbons (Fsp3) is 0.125. The second-order valence-electron chi connectivity index (χ2n) is 4.78. The third-order valence-corrected chi connectivity index (χ3v) is 4.78. The molecule has 0 atom stereocenters. The van der Waals surface area contributed by atoms with E-state index < -0.39 is 0 Å². The van der Waals surface area contributed by atoms with Crippen LogP contribution < -0.4 is 4.90 Å². The zero-order valence-corrected chi connectivity index (χ0v) is 13.8. The van der Waals surface area contributed by atoms with Crippen LogP contribution in [-0.2, 0) is 6.54 Å². The van der Waals surface area contributed by atoms with Crippen LogP contribution in [0.25, 0.3) is 10.9 Å². The molecule has 0 bridgehead atoms. The van der Waals surface area contributed by atoms with Crippen molar-refractivity contribution in [3.63, 3.8) is 0 Å². The number of halogens is 1. The van der Waals surface area contributed by atoms with E-state index in [1.54, 1.807) is 11.3 Å². The lowest BCUT2D eigenvalue weighted by atomic mass is 10.1. The molecule has 21 heavy (non-hydrogen) atoms. The topological polar surface area (TPSA) is 39.9 Å². The van der Waals surface area contributed by atoms with Gasteiger partial charge in [0.2, 0.25) is 0 Å². The molecule has 0 fully saturated rings. The summed E-state index contributed by atoms with van der Waals surface area (Å²) < 4.78 is 1.11. The monoisotopic (exact) mass is 357 g/mol. The molecule has 3 rings (SSSR count). The molecule has 0 radical (unpaired) electrons. The summed E-state index contributed by atoms with van der Waals surface area (Å²) in [5.74, 6) is 0.721. The van der Waals surface area contributed by atoms with Gasteiger partial charge >= 0.3 is 0 Å². The first-order valence-corrected chi connectivity index (χ1v) is 8.08. The van der Waals surface area contributed by atoms with Crippen molar-refractivity contribution in [3.8, 4) is 6.07 Å². The van der Waals surface area contributed by atoms with Crippen molar-refractivity contribution >= 4 is 44.0 Å². The van der Waals surface area contributed by atoms with Gasteiger partial charge < -0.3 is 4.90 Å². The zero-order valence-electron chi connectivity index (χ0n) is 11.4. The van der Waals surface area contributed by atoms with Gasteiger partial charge in [-0.25, -0.2) is 4.98 Å². The van der Waals surface area contributed by atoms with E-state index in [0.717, 1.165) is 27.1 Å². The molecule has 0 aliphatic heterocycles. The van der Waals surface area contributed by atoms with Crippen LogP contribution >= 0.6 is 27.3 Å². The van der Waals surface area contributed by atoms with Gasteiger partial charge in [0, 0.05) is 19.0 Å². The fourth-order valence-electron chi connectivity index (χ4n) is 2.26. The minimum absolute atomic E-state index is 0.602. The van der Waals surface area contributed by atoms with Crippen LogP contribution in [0.1, 0.15) is 11.1 Å². The number of hydrogen-bond donors (Lipinski definition) is 0. The van der Waals surface area contributed by atoms with Gasteiger partial charge in [-0.05, 0) is 45.1 Å². The van der Waals surface area contributed by atoms with Crippen LogP contribution in [0.3, 0.4) is 0 Å². The first-order chi connectivity index (χ1) is 10.2. The van der Waals surface area contributed by atoms with E-state index in [4.69, 9.17) is 0 Å². The maximum atomic E-state index is 9.37. The molecule has 2 aromatic heterocycles. The Morgan fingerprint density at radius 1 is 1.33 bits per heavy atom. The Morgan fingerprint density at radius 3 is 2.86 bits per heavy atom. The van der Waals surface area contributed by atoms with Gasteiger partial charge in [-0.2, -0.15) is 5.26 Å². The highest BCUT2D eigenvalue weighted by atomic mass is 79.9. The van der Waals surface area contributed by atoms with E-state index in [2.05, 4.69) is 38.4 Å². The lowest BCUT2D eigenvalue weighted by molar-refractivity contribution is 0.903. The predicted molar refractivity (Wildman–Crippen MR) is 90.6 cm³/mol. The second-order valence-corrected chi connectivity index (χ2v) is 7.07. The van der Waals surface area contributed by atoms with Crippen LogP contribution in [-0.4, -0.2) is 12.0 Å². The van der Waals surface area contributed by atoms with Gasteiger partial charge in [0.1, 0.15) is 11.9 Å². The SMILES string of the molecule is CN(Cc1csc(Br)c1)c1nc2ccccc2cc1C#N. The highest BCUT2D eigenvalue weighted by molar-refractivity contribution is 9.11. The van der Waals surface area contributed by atoms with Crippen molar-refractivity contribution in [3.05, 3.63) is 56.7 Å². The smallest absolute Gasteiger partial charge is 0.147 e. The standard InChI is InChI=1S/C16H12BrN3S/c1-20(9-11-6-15(17)21-10-11)16-13(8-18)7-12-4-2-3-5-14(12)19-16/h2-7,10H,9H2,1H3. The highest BCUT2D eigenvalue weighted by Gasteiger charge is 2.12. The molecule has 5 heteroatoms. The summed E-state index contributed by atoms with van der Waals surface area (Å²) in [5.41, 5.74) is 2.71. The Hall–Kier alpha value is -1.90. The van der Waals surface area contributed by atoms with Crippen molar-refractivity contribution in [1.29, 1.82) is 5.26 Å². The Labute approximate surface area is 135 Å². The normalized spacial score (nSPS) is 10.5. The molecule has 0 unspecified atom stereocenters. The number of nitriles is 1. The Morgan fingerprint density at radius 2 is 2.14 bits per heavy atom. The Kier molecular flexibility index (Phi) is 3.91. The number of fused-ring (bicyclic) bond motifs is 1. The third-order valence-electron chi connectivity index (χ3n) is 3.23. The molecular weight excluding hydrogens is 346 g/mol. The third kappa shape index (κ3) is 2.92. The molecule has 2 heterocycles. The van der Waals surface area contributed by atoms with Crippen molar-refractivity contribution in [1.82, 2.24) is 4.98 Å². The van der Waals surface area contributed by atoms with Crippen LogP contribution in [0.2, 0.25) is 0 Å². The lowest BCUT2D eigenvalue weighted by Crippen LogP contribution is -2.18. The first-order valence-electron chi connectivity index (χ1n) is 6.41. The van der Waals surface area contributed by atoms with Gasteiger partial charge in [-0.3, -0.25) is 0 Å². The van der Waals surface area contributed by atoms with Crippen molar-refractivity contribution < 1.29 is 0 Å². The van der Waals surface area contributed by atoms with Crippen molar-refractivity contribution in [2.45, 2.75) is 6.54 Å². The largest absolute Gasteiger partial charge is 0.354 e. The molecule has 0 saturated heterocycles. The number of anilines is 1. The second kappa shape index (κ2) is 5.84. The maximum Gasteiger partial charge on any atom is 0.147 e. The van der Waals surface area contributed by atoms with Crippen LogP contribution in [0.4, 0.5) is 5.82 Å². The van der Waals surface area contributed by atoms with Gasteiger partial charge in [0.05, 0.1) is 14.9 Å². The van der Waals surface area contributed by atoms with Crippen molar-refractivity contribution in [2.75, 3.05) is 11.9 Å². The van der Waals surface area contributed by atoms with E-state index in [9.17, 15) is 5.26 Å². The molecule has 104 valence electrons. The summed E-state index contributed by atoms with van der Waals surface area (Å²) in [6.07, 6.45) is 0. The van der Waals surface area contributed by atoms with Crippen LogP contribution in [0.5, 0.6) is 0 Å². The highest BCUT2D eigenvalue weighted by Crippen LogP contribution is 2.26. The number of nitrogens with zero attached hydrogens (tertiary/aromatic N) is 3. The summed E-state index contributed by atoms with van der Waals surface area (Å²) in [4.78, 5) is 6.66. The fourth-order valence-corrected chi connectivity index (χ4v) is 3.46. The molecular formula is C16H12BrN3S. The van der Waals surface area contributed by atoms with E-state index in [1.807, 2.05) is 42.3 Å². The van der Waals surface area contributed by atoms with E-state index in [-0.39, 0.29) is 0 Å². The molecule has 3 aromatic rings. The minimum atomic E-state index is 0.602. The molecule has 0 spiro atoms. The van der Waals surface area contributed by atoms with Gasteiger partial charge in [0.15, 0.2) is 0 Å². The maximum absolute atomic E-state index is 9.37. The number of rotatable bonds is 3. The average molecular weight is 358 g/mol. The molecule has 0 aliphatic carbocycles. The summed E-state index contributed by atoms with van der Waals surface area (Å²) in [6.45, 7) is 0.724. The molecule has 1 aromatic carbocycles. The molecule has 0 saturated carbocycles. The summed E-state index contributed by atoms with van der Waals surface area (Å²) >= 11 is 5.13. The van der Waals surface area contributed by atoms with Gasteiger partial charge in [-0.1, -0.05) is 18.2 Å². The molecule has 0 amide bonds. The average Bonchev–Trinajstić information content (AvgIpc) is 2.90. The van der Waals surface area contributed by atoms with E-state index in [0.29, 0.717) is 5.56 Å². The first kappa shape index (κ1) is 14.1. The summed E-state index contributed by atoms with van der Waals surface area (Å²) in [6, 6.07) is 14.1. The summed E-state index contributed by atoms with van der Waals surface area (Å²) in [5, 5.41) is 12.5. The van der Waals surface area contributed by atoms with Gasteiger partial charge in [0.25, 0.3) is 0 Å². The summed E-state index contributed by atoms with van der Waals surface area (Å²) in [7, 11) is 1.96. The predicted octanol–water partition coefficient (Wildman–Crippen LogP) is 4.57. The number of para-hydroxylation sites is 1. The molecule has 0 aliphatic rings.